The minimum atomic E-state index is -0.662. The molecule has 38 heavy (non-hydrogen) atoms. The minimum Gasteiger partial charge on any atom is -0.497 e. The fraction of sp³-hybridized carbons (Fsp3) is 0.462. The summed E-state index contributed by atoms with van der Waals surface area (Å²) >= 11 is 1.69. The number of ether oxygens (including phenoxy) is 2. The summed E-state index contributed by atoms with van der Waals surface area (Å²) in [7, 11) is 1.62. The summed E-state index contributed by atoms with van der Waals surface area (Å²) in [5.41, 5.74) is 1.69. The summed E-state index contributed by atoms with van der Waals surface area (Å²) in [6.45, 7) is 1.69. The van der Waals surface area contributed by atoms with Crippen LogP contribution in [0, 0.1) is 10.1 Å². The van der Waals surface area contributed by atoms with E-state index in [1.54, 1.807) is 35.9 Å². The van der Waals surface area contributed by atoms with Gasteiger partial charge >= 0.3 is 6.09 Å². The maximum absolute atomic E-state index is 13.5. The number of carbonyl (C=O) groups is 2. The van der Waals surface area contributed by atoms with Gasteiger partial charge in [0.25, 0.3) is 5.69 Å². The van der Waals surface area contributed by atoms with Crippen molar-refractivity contribution in [2.45, 2.75) is 36.1 Å². The number of rotatable bonds is 9. The van der Waals surface area contributed by atoms with Crippen LogP contribution in [-0.4, -0.2) is 89.1 Å². The van der Waals surface area contributed by atoms with E-state index in [4.69, 9.17) is 9.47 Å². The molecule has 2 fully saturated rings. The van der Waals surface area contributed by atoms with Crippen LogP contribution in [-0.2, 0) is 21.9 Å². The Balaban J connectivity index is 1.42. The van der Waals surface area contributed by atoms with E-state index in [-0.39, 0.29) is 36.1 Å². The number of nitrogens with one attached hydrogen (secondary N) is 1. The lowest BCUT2D eigenvalue weighted by atomic mass is 10.1. The number of likely N-dealkylation sites (tertiary alicyclic amines) is 1. The van der Waals surface area contributed by atoms with Crippen molar-refractivity contribution in [2.24, 2.45) is 0 Å². The molecule has 4 rings (SSSR count). The van der Waals surface area contributed by atoms with Gasteiger partial charge in [0.05, 0.1) is 18.6 Å². The monoisotopic (exact) mass is 544 g/mol. The fourth-order valence-corrected chi connectivity index (χ4v) is 5.80. The Morgan fingerprint density at radius 1 is 1.13 bits per heavy atom. The van der Waals surface area contributed by atoms with Gasteiger partial charge in [-0.25, -0.2) is 4.79 Å². The van der Waals surface area contributed by atoms with E-state index in [0.717, 1.165) is 17.1 Å². The van der Waals surface area contributed by atoms with Crippen molar-refractivity contribution in [2.75, 3.05) is 39.9 Å². The van der Waals surface area contributed by atoms with Crippen molar-refractivity contribution in [3.63, 3.8) is 0 Å². The fourth-order valence-electron chi connectivity index (χ4n) is 4.59. The number of methoxy groups -OCH3 is 1. The Hall–Kier alpha value is -3.35. The minimum absolute atomic E-state index is 0.0366. The second kappa shape index (κ2) is 12.9. The third-order valence-electron chi connectivity index (χ3n) is 6.72. The molecule has 11 nitrogen and oxygen atoms in total. The van der Waals surface area contributed by atoms with E-state index < -0.39 is 17.1 Å². The van der Waals surface area contributed by atoms with Crippen LogP contribution >= 0.6 is 11.8 Å². The van der Waals surface area contributed by atoms with Crippen LogP contribution in [0.15, 0.2) is 48.5 Å². The highest BCUT2D eigenvalue weighted by atomic mass is 32.2. The predicted molar refractivity (Wildman–Crippen MR) is 142 cm³/mol. The molecular formula is C26H32N4O7S. The number of carbonyl (C=O) groups excluding carboxylic acids is 2. The first-order chi connectivity index (χ1) is 18.4. The van der Waals surface area contributed by atoms with Crippen LogP contribution in [0.3, 0.4) is 0 Å². The van der Waals surface area contributed by atoms with Gasteiger partial charge < -0.3 is 24.8 Å². The number of non-ortho nitro benzene ring substituents is 1. The average molecular weight is 545 g/mol. The Bertz CT molecular complexity index is 1120. The molecule has 3 atom stereocenters. The van der Waals surface area contributed by atoms with Crippen molar-refractivity contribution in [1.82, 2.24) is 15.1 Å². The molecule has 2 aromatic rings. The van der Waals surface area contributed by atoms with Gasteiger partial charge in [-0.2, -0.15) is 11.8 Å². The van der Waals surface area contributed by atoms with E-state index in [2.05, 4.69) is 5.32 Å². The first kappa shape index (κ1) is 27.7. The largest absolute Gasteiger partial charge is 0.497 e. The van der Waals surface area contributed by atoms with Crippen LogP contribution in [0.1, 0.15) is 17.5 Å². The molecule has 2 aromatic carbocycles. The number of aliphatic hydroxyl groups is 1. The summed E-state index contributed by atoms with van der Waals surface area (Å²) < 4.78 is 10.7. The molecule has 2 aliphatic rings. The smallest absolute Gasteiger partial charge is 0.410 e. The highest BCUT2D eigenvalue weighted by Gasteiger charge is 2.43. The van der Waals surface area contributed by atoms with Gasteiger partial charge in [0.1, 0.15) is 18.4 Å². The van der Waals surface area contributed by atoms with E-state index in [9.17, 15) is 24.8 Å². The zero-order valence-electron chi connectivity index (χ0n) is 21.2. The Kier molecular flexibility index (Phi) is 9.43. The van der Waals surface area contributed by atoms with Crippen LogP contribution < -0.4 is 10.1 Å². The number of benzene rings is 2. The van der Waals surface area contributed by atoms with Crippen molar-refractivity contribution in [3.8, 4) is 5.75 Å². The molecule has 204 valence electrons. The number of nitro groups is 1. The summed E-state index contributed by atoms with van der Waals surface area (Å²) in [6, 6.07) is 12.7. The quantitative estimate of drug-likeness (QED) is 0.360. The number of thioether (sulfide) groups is 1. The third-order valence-corrected chi connectivity index (χ3v) is 8.04. The maximum Gasteiger partial charge on any atom is 0.410 e. The van der Waals surface area contributed by atoms with Crippen molar-refractivity contribution in [3.05, 3.63) is 69.8 Å². The van der Waals surface area contributed by atoms with Gasteiger partial charge in [-0.1, -0.05) is 12.1 Å². The van der Waals surface area contributed by atoms with Gasteiger partial charge in [-0.05, 0) is 41.8 Å². The van der Waals surface area contributed by atoms with Gasteiger partial charge in [0.2, 0.25) is 5.91 Å². The zero-order chi connectivity index (χ0) is 27.1. The Morgan fingerprint density at radius 2 is 1.84 bits per heavy atom. The summed E-state index contributed by atoms with van der Waals surface area (Å²) in [4.78, 5) is 40.3. The molecule has 0 saturated carbocycles. The zero-order valence-corrected chi connectivity index (χ0v) is 22.0. The van der Waals surface area contributed by atoms with Gasteiger partial charge in [0, 0.05) is 55.4 Å². The lowest BCUT2D eigenvalue weighted by Gasteiger charge is -2.35. The van der Waals surface area contributed by atoms with Crippen molar-refractivity contribution >= 4 is 29.4 Å². The Morgan fingerprint density at radius 3 is 2.50 bits per heavy atom. The van der Waals surface area contributed by atoms with Crippen LogP contribution in [0.4, 0.5) is 10.5 Å². The Labute approximate surface area is 225 Å². The van der Waals surface area contributed by atoms with E-state index in [1.807, 2.05) is 24.3 Å². The lowest BCUT2D eigenvalue weighted by Crippen LogP contribution is -2.57. The summed E-state index contributed by atoms with van der Waals surface area (Å²) in [5, 5.41) is 23.6. The highest BCUT2D eigenvalue weighted by molar-refractivity contribution is 7.99. The molecule has 2 saturated heterocycles. The second-order valence-electron chi connectivity index (χ2n) is 9.28. The lowest BCUT2D eigenvalue weighted by molar-refractivity contribution is -0.384. The SMILES string of the molecule is COc1ccc(CS[C@H]2C[C@@H](C(=O)N3CCNC(CO)C3)N(C(=O)OCc3ccc([N+](=O)[O-])cc3)C2)cc1. The number of aliphatic hydroxyl groups excluding tert-OH is 1. The molecule has 0 aromatic heterocycles. The number of nitrogens with zero attached hydrogens (tertiary/aromatic N) is 3. The molecule has 2 heterocycles. The number of piperazine rings is 1. The summed E-state index contributed by atoms with van der Waals surface area (Å²) in [5.74, 6) is 1.36. The summed E-state index contributed by atoms with van der Waals surface area (Å²) in [6.07, 6.45) is -0.0944. The average Bonchev–Trinajstić information content (AvgIpc) is 3.39. The number of amides is 2. The molecule has 2 amide bonds. The molecule has 2 N–H and O–H groups in total. The van der Waals surface area contributed by atoms with Crippen LogP contribution in [0.25, 0.3) is 0 Å². The molecular weight excluding hydrogens is 512 g/mol. The maximum atomic E-state index is 13.5. The molecule has 0 aliphatic carbocycles. The first-order valence-electron chi connectivity index (χ1n) is 12.4. The standard InChI is InChI=1S/C26H32N4O7S/c1-36-22-8-4-19(5-9-22)17-38-23-12-24(25(32)28-11-10-27-20(13-28)15-31)29(14-23)26(33)37-16-18-2-6-21(7-3-18)30(34)35/h2-9,20,23-24,27,31H,10-17H2,1H3/t20?,23-,24-/m0/s1. The topological polar surface area (TPSA) is 134 Å². The van der Waals surface area contributed by atoms with E-state index in [0.29, 0.717) is 38.2 Å². The highest BCUT2D eigenvalue weighted by Crippen LogP contribution is 2.32. The first-order valence-corrected chi connectivity index (χ1v) is 13.5. The molecule has 12 heteroatoms. The molecule has 0 bridgehead atoms. The van der Waals surface area contributed by atoms with Crippen LogP contribution in [0.5, 0.6) is 5.75 Å². The van der Waals surface area contributed by atoms with E-state index >= 15 is 0 Å². The normalized spacial score (nSPS) is 21.3. The third kappa shape index (κ3) is 6.94. The van der Waals surface area contributed by atoms with Gasteiger partial charge in [-0.15, -0.1) is 0 Å². The predicted octanol–water partition coefficient (Wildman–Crippen LogP) is 2.41. The molecule has 0 radical (unpaired) electrons. The van der Waals surface area contributed by atoms with Crippen molar-refractivity contribution in [1.29, 1.82) is 0 Å². The van der Waals surface area contributed by atoms with Gasteiger partial charge in [0.15, 0.2) is 0 Å². The molecule has 2 aliphatic heterocycles. The second-order valence-corrected chi connectivity index (χ2v) is 10.6. The number of hydrogen-bond donors (Lipinski definition) is 2. The number of hydrogen-bond acceptors (Lipinski definition) is 9. The van der Waals surface area contributed by atoms with Gasteiger partial charge in [-0.3, -0.25) is 19.8 Å². The molecule has 1 unspecified atom stereocenters. The van der Waals surface area contributed by atoms with Crippen LogP contribution in [0.2, 0.25) is 0 Å². The van der Waals surface area contributed by atoms with E-state index in [1.165, 1.54) is 17.0 Å². The molecule has 0 spiro atoms. The number of nitro benzene ring substituents is 1. The van der Waals surface area contributed by atoms with Crippen molar-refractivity contribution < 1.29 is 29.1 Å².